The molecule has 43 heavy (non-hydrogen) atoms. The number of benzene rings is 6. The van der Waals surface area contributed by atoms with Crippen molar-refractivity contribution in [3.63, 3.8) is 0 Å². The van der Waals surface area contributed by atoms with Crippen LogP contribution in [-0.4, -0.2) is 5.90 Å². The zero-order valence-corrected chi connectivity index (χ0v) is 26.5. The molecule has 0 saturated carbocycles. The lowest BCUT2D eigenvalue weighted by molar-refractivity contribution is -0.00000890. The third kappa shape index (κ3) is 6.54. The molecule has 0 bridgehead atoms. The van der Waals surface area contributed by atoms with Gasteiger partial charge in [-0.05, 0) is 66.1 Å². The first kappa shape index (κ1) is 30.2. The van der Waals surface area contributed by atoms with Crippen LogP contribution in [0, 0.1) is 6.92 Å². The predicted molar refractivity (Wildman–Crippen MR) is 179 cm³/mol. The van der Waals surface area contributed by atoms with Crippen LogP contribution in [0.15, 0.2) is 181 Å². The Balaban J connectivity index is 0.00000368. The number of hydrogen-bond acceptors (Lipinski definition) is 2. The van der Waals surface area contributed by atoms with Crippen molar-refractivity contribution in [3.05, 3.63) is 193 Å². The van der Waals surface area contributed by atoms with E-state index >= 15 is 0 Å². The Labute approximate surface area is 266 Å². The molecule has 0 atom stereocenters. The van der Waals surface area contributed by atoms with Gasteiger partial charge in [0, 0.05) is 0 Å². The SMILES string of the molecule is Cc1ccccc1N=C(O[P+](c1ccccc1)(c1ccccc1)c1ccccc1)C(c1ccccc1)c1ccccc1.[Br-]. The Hall–Kier alpha value is -4.30. The molecular weight excluding hydrogens is 609 g/mol. The zero-order chi connectivity index (χ0) is 28.6. The fourth-order valence-electron chi connectivity index (χ4n) is 5.37. The van der Waals surface area contributed by atoms with E-state index in [0.29, 0.717) is 5.90 Å². The third-order valence-corrected chi connectivity index (χ3v) is 11.0. The Morgan fingerprint density at radius 1 is 0.488 bits per heavy atom. The maximum atomic E-state index is 7.69. The lowest BCUT2D eigenvalue weighted by Gasteiger charge is -2.29. The molecule has 0 aliphatic rings. The molecule has 0 aliphatic carbocycles. The molecule has 0 spiro atoms. The van der Waals surface area contributed by atoms with Gasteiger partial charge in [-0.15, -0.1) is 0 Å². The van der Waals surface area contributed by atoms with E-state index in [1.807, 2.05) is 6.07 Å². The number of halogens is 1. The molecule has 0 aliphatic heterocycles. The molecule has 6 rings (SSSR count). The van der Waals surface area contributed by atoms with Crippen LogP contribution in [0.25, 0.3) is 0 Å². The molecule has 0 radical (unpaired) electrons. The summed E-state index contributed by atoms with van der Waals surface area (Å²) in [5.74, 6) is 0.453. The number of hydrogen-bond donors (Lipinski definition) is 0. The van der Waals surface area contributed by atoms with Crippen LogP contribution in [-0.2, 0) is 4.52 Å². The van der Waals surface area contributed by atoms with Crippen molar-refractivity contribution in [2.24, 2.45) is 4.99 Å². The van der Waals surface area contributed by atoms with E-state index in [-0.39, 0.29) is 22.9 Å². The highest BCUT2D eigenvalue weighted by atomic mass is 79.9. The second-order valence-corrected chi connectivity index (χ2v) is 13.1. The van der Waals surface area contributed by atoms with Gasteiger partial charge in [-0.1, -0.05) is 133 Å². The number of nitrogens with zero attached hydrogens (tertiary/aromatic N) is 1. The van der Waals surface area contributed by atoms with E-state index in [1.54, 1.807) is 0 Å². The highest BCUT2D eigenvalue weighted by Gasteiger charge is 2.51. The second kappa shape index (κ2) is 14.2. The maximum Gasteiger partial charge on any atom is 0.289 e. The van der Waals surface area contributed by atoms with Gasteiger partial charge in [0.15, 0.2) is 0 Å². The number of para-hydroxylation sites is 1. The van der Waals surface area contributed by atoms with Crippen molar-refractivity contribution in [3.8, 4) is 0 Å². The topological polar surface area (TPSA) is 21.6 Å². The molecule has 6 aromatic carbocycles. The van der Waals surface area contributed by atoms with Gasteiger partial charge < -0.3 is 21.5 Å². The summed E-state index contributed by atoms with van der Waals surface area (Å²) in [5, 5.41) is 3.42. The van der Waals surface area contributed by atoms with Gasteiger partial charge in [0.05, 0.1) is 11.6 Å². The Kier molecular flexibility index (Phi) is 10.00. The van der Waals surface area contributed by atoms with Gasteiger partial charge in [0.2, 0.25) is 0 Å². The van der Waals surface area contributed by atoms with Gasteiger partial charge in [-0.2, -0.15) is 0 Å². The fourth-order valence-corrected chi connectivity index (χ4v) is 8.79. The van der Waals surface area contributed by atoms with Crippen LogP contribution in [0.3, 0.4) is 0 Å². The van der Waals surface area contributed by atoms with Gasteiger partial charge in [-0.3, -0.25) is 0 Å². The van der Waals surface area contributed by atoms with E-state index in [9.17, 15) is 0 Å². The summed E-state index contributed by atoms with van der Waals surface area (Å²) in [6.45, 7) is 2.10. The second-order valence-electron chi connectivity index (χ2n) is 10.2. The molecule has 6 aromatic rings. The maximum absolute atomic E-state index is 7.69. The monoisotopic (exact) mass is 641 g/mol. The molecular formula is C39H33BrNOP. The van der Waals surface area contributed by atoms with Crippen LogP contribution in [0.5, 0.6) is 0 Å². The van der Waals surface area contributed by atoms with Crippen LogP contribution in [0.1, 0.15) is 22.6 Å². The van der Waals surface area contributed by atoms with Crippen molar-refractivity contribution in [2.45, 2.75) is 12.8 Å². The number of rotatable bonds is 8. The minimum atomic E-state index is -2.69. The van der Waals surface area contributed by atoms with Gasteiger partial charge >= 0.3 is 0 Å². The molecule has 0 fully saturated rings. The number of aliphatic imine (C=N–C) groups is 1. The minimum Gasteiger partial charge on any atom is -1.00 e. The summed E-state index contributed by atoms with van der Waals surface area (Å²) in [7, 11) is -2.69. The van der Waals surface area contributed by atoms with E-state index in [0.717, 1.165) is 38.3 Å². The molecule has 0 aromatic heterocycles. The summed E-state index contributed by atoms with van der Waals surface area (Å²) in [6, 6.07) is 61.4. The Bertz CT molecular complexity index is 1610. The molecule has 212 valence electrons. The van der Waals surface area contributed by atoms with Crippen molar-refractivity contribution in [2.75, 3.05) is 0 Å². The van der Waals surface area contributed by atoms with E-state index in [1.165, 1.54) is 0 Å². The summed E-state index contributed by atoms with van der Waals surface area (Å²) < 4.78 is 7.69. The molecule has 2 nitrogen and oxygen atoms in total. The highest BCUT2D eigenvalue weighted by Crippen LogP contribution is 2.58. The molecule has 0 heterocycles. The van der Waals surface area contributed by atoms with Crippen LogP contribution in [0.2, 0.25) is 0 Å². The van der Waals surface area contributed by atoms with Crippen molar-refractivity contribution in [1.29, 1.82) is 0 Å². The Morgan fingerprint density at radius 2 is 0.837 bits per heavy atom. The average molecular weight is 643 g/mol. The van der Waals surface area contributed by atoms with Crippen LogP contribution in [0.4, 0.5) is 5.69 Å². The third-order valence-electron chi connectivity index (χ3n) is 7.45. The Morgan fingerprint density at radius 3 is 1.23 bits per heavy atom. The highest BCUT2D eigenvalue weighted by molar-refractivity contribution is 7.92. The lowest BCUT2D eigenvalue weighted by Crippen LogP contribution is -3.00. The molecule has 0 unspecified atom stereocenters. The predicted octanol–water partition coefficient (Wildman–Crippen LogP) is 5.79. The first-order chi connectivity index (χ1) is 20.8. The normalized spacial score (nSPS) is 11.5. The van der Waals surface area contributed by atoms with Crippen LogP contribution < -0.4 is 32.9 Å². The smallest absolute Gasteiger partial charge is 0.289 e. The van der Waals surface area contributed by atoms with E-state index in [4.69, 9.17) is 9.52 Å². The molecule has 0 amide bonds. The summed E-state index contributed by atoms with van der Waals surface area (Å²) in [4.78, 5) is 5.39. The summed E-state index contributed by atoms with van der Waals surface area (Å²) in [5.41, 5.74) is 4.25. The first-order valence-electron chi connectivity index (χ1n) is 14.3. The van der Waals surface area contributed by atoms with Crippen molar-refractivity contribution >= 4 is 35.0 Å². The largest absolute Gasteiger partial charge is 1.00 e. The van der Waals surface area contributed by atoms with Gasteiger partial charge in [0.1, 0.15) is 15.9 Å². The number of aryl methyl sites for hydroxylation is 1. The minimum absolute atomic E-state index is 0. The van der Waals surface area contributed by atoms with Crippen molar-refractivity contribution in [1.82, 2.24) is 0 Å². The van der Waals surface area contributed by atoms with Gasteiger partial charge in [0.25, 0.3) is 13.4 Å². The quantitative estimate of drug-likeness (QED) is 0.117. The zero-order valence-electron chi connectivity index (χ0n) is 24.0. The lowest BCUT2D eigenvalue weighted by atomic mass is 9.91. The van der Waals surface area contributed by atoms with E-state index in [2.05, 4.69) is 177 Å². The van der Waals surface area contributed by atoms with Gasteiger partial charge in [-0.25, -0.2) is 4.99 Å². The van der Waals surface area contributed by atoms with Crippen molar-refractivity contribution < 1.29 is 21.5 Å². The molecule has 4 heteroatoms. The van der Waals surface area contributed by atoms with E-state index < -0.39 is 7.49 Å². The molecule has 0 saturated heterocycles. The first-order valence-corrected chi connectivity index (χ1v) is 16.0. The standard InChI is InChI=1S/C39H33NOP.BrH/c1-31-19-17-18-30-37(31)40-39(38(32-20-7-2-8-21-32)33-22-9-3-10-23-33)41-42(34-24-11-4-12-25-34,35-26-13-5-14-27-35)36-28-15-6-16-29-36;/h2-30,38H,1H3;1H/q+1;/p-1. The average Bonchev–Trinajstić information content (AvgIpc) is 3.07. The molecule has 0 N–H and O–H groups in total. The fraction of sp³-hybridized carbons (Fsp3) is 0.0513. The van der Waals surface area contributed by atoms with Crippen LogP contribution >= 0.6 is 7.49 Å². The summed E-state index contributed by atoms with van der Waals surface area (Å²) >= 11 is 0. The summed E-state index contributed by atoms with van der Waals surface area (Å²) in [6.07, 6.45) is 0.